The zero-order valence-electron chi connectivity index (χ0n) is 10.3. The van der Waals surface area contributed by atoms with Crippen molar-refractivity contribution in [1.82, 2.24) is 9.97 Å². The maximum atomic E-state index is 5.96. The van der Waals surface area contributed by atoms with Crippen LogP contribution in [0.1, 0.15) is 17.6 Å². The second-order valence-electron chi connectivity index (χ2n) is 4.23. The van der Waals surface area contributed by atoms with E-state index < -0.39 is 0 Å². The van der Waals surface area contributed by atoms with E-state index in [-0.39, 0.29) is 6.10 Å². The SMILES string of the molecule is Cc1nc(C2CSc3ccccc3O2)nc(N)c1I. The number of anilines is 1. The van der Waals surface area contributed by atoms with Crippen molar-refractivity contribution in [2.45, 2.75) is 17.9 Å². The summed E-state index contributed by atoms with van der Waals surface area (Å²) in [4.78, 5) is 10.0. The molecule has 0 saturated heterocycles. The Labute approximate surface area is 129 Å². The fourth-order valence-electron chi connectivity index (χ4n) is 1.89. The number of hydrogen-bond acceptors (Lipinski definition) is 5. The van der Waals surface area contributed by atoms with Crippen molar-refractivity contribution in [2.24, 2.45) is 0 Å². The summed E-state index contributed by atoms with van der Waals surface area (Å²) < 4.78 is 6.87. The average molecular weight is 385 g/mol. The molecule has 2 heterocycles. The molecule has 0 fully saturated rings. The second-order valence-corrected chi connectivity index (χ2v) is 6.37. The molecule has 0 bridgehead atoms. The molecule has 19 heavy (non-hydrogen) atoms. The topological polar surface area (TPSA) is 61.0 Å². The zero-order chi connectivity index (χ0) is 13.4. The van der Waals surface area contributed by atoms with Crippen molar-refractivity contribution in [3.8, 4) is 5.75 Å². The van der Waals surface area contributed by atoms with Gasteiger partial charge in [-0.1, -0.05) is 12.1 Å². The van der Waals surface area contributed by atoms with E-state index in [2.05, 4.69) is 38.6 Å². The number of rotatable bonds is 1. The van der Waals surface area contributed by atoms with E-state index in [0.29, 0.717) is 11.6 Å². The Morgan fingerprint density at radius 3 is 2.95 bits per heavy atom. The molecule has 98 valence electrons. The van der Waals surface area contributed by atoms with E-state index >= 15 is 0 Å². The van der Waals surface area contributed by atoms with Crippen molar-refractivity contribution in [3.63, 3.8) is 0 Å². The number of aryl methyl sites for hydroxylation is 1. The van der Waals surface area contributed by atoms with Crippen LogP contribution in [0, 0.1) is 10.5 Å². The fraction of sp³-hybridized carbons (Fsp3) is 0.231. The molecule has 1 aromatic carbocycles. The molecule has 0 aliphatic carbocycles. The first-order valence-electron chi connectivity index (χ1n) is 5.83. The molecule has 2 aromatic rings. The molecular weight excluding hydrogens is 373 g/mol. The van der Waals surface area contributed by atoms with Gasteiger partial charge < -0.3 is 10.5 Å². The van der Waals surface area contributed by atoms with Crippen molar-refractivity contribution < 1.29 is 4.74 Å². The van der Waals surface area contributed by atoms with Crippen LogP contribution in [0.2, 0.25) is 0 Å². The number of ether oxygens (including phenoxy) is 1. The molecule has 1 aromatic heterocycles. The number of nitrogens with zero attached hydrogens (tertiary/aromatic N) is 2. The van der Waals surface area contributed by atoms with Gasteiger partial charge in [-0.15, -0.1) is 11.8 Å². The van der Waals surface area contributed by atoms with Crippen molar-refractivity contribution in [2.75, 3.05) is 11.5 Å². The first-order chi connectivity index (χ1) is 9.15. The van der Waals surface area contributed by atoms with Crippen LogP contribution < -0.4 is 10.5 Å². The van der Waals surface area contributed by atoms with Gasteiger partial charge in [-0.2, -0.15) is 0 Å². The lowest BCUT2D eigenvalue weighted by Crippen LogP contribution is -2.19. The second kappa shape index (κ2) is 5.16. The summed E-state index contributed by atoms with van der Waals surface area (Å²) in [6.07, 6.45) is -0.141. The molecule has 3 rings (SSSR count). The van der Waals surface area contributed by atoms with E-state index in [0.717, 1.165) is 25.7 Å². The lowest BCUT2D eigenvalue weighted by Gasteiger charge is -2.24. The minimum Gasteiger partial charge on any atom is -0.480 e. The summed E-state index contributed by atoms with van der Waals surface area (Å²) in [6, 6.07) is 8.01. The molecule has 1 unspecified atom stereocenters. The molecule has 1 atom stereocenters. The third-order valence-electron chi connectivity index (χ3n) is 2.86. The Hall–Kier alpha value is -1.02. The van der Waals surface area contributed by atoms with Gasteiger partial charge in [-0.25, -0.2) is 9.97 Å². The van der Waals surface area contributed by atoms with Gasteiger partial charge in [0.1, 0.15) is 11.6 Å². The highest BCUT2D eigenvalue weighted by Crippen LogP contribution is 2.39. The van der Waals surface area contributed by atoms with E-state index in [4.69, 9.17) is 10.5 Å². The van der Waals surface area contributed by atoms with Crippen molar-refractivity contribution in [3.05, 3.63) is 39.4 Å². The van der Waals surface area contributed by atoms with Gasteiger partial charge in [0.05, 0.1) is 9.26 Å². The molecule has 2 N–H and O–H groups in total. The highest BCUT2D eigenvalue weighted by Gasteiger charge is 2.25. The number of hydrogen-bond donors (Lipinski definition) is 1. The van der Waals surface area contributed by atoms with Crippen molar-refractivity contribution in [1.29, 1.82) is 0 Å². The lowest BCUT2D eigenvalue weighted by molar-refractivity contribution is 0.210. The van der Waals surface area contributed by atoms with Gasteiger partial charge in [0.2, 0.25) is 0 Å². The van der Waals surface area contributed by atoms with Crippen LogP contribution >= 0.6 is 34.4 Å². The van der Waals surface area contributed by atoms with Gasteiger partial charge in [-0.05, 0) is 41.6 Å². The van der Waals surface area contributed by atoms with Gasteiger partial charge in [0.15, 0.2) is 11.9 Å². The number of aromatic nitrogens is 2. The largest absolute Gasteiger partial charge is 0.480 e. The Morgan fingerprint density at radius 2 is 2.16 bits per heavy atom. The standard InChI is InChI=1S/C13H12IN3OS/c1-7-11(14)12(15)17-13(16-7)9-6-19-10-5-3-2-4-8(10)18-9/h2-5,9H,6H2,1H3,(H2,15,16,17). The van der Waals surface area contributed by atoms with Gasteiger partial charge in [0.25, 0.3) is 0 Å². The number of nitrogens with two attached hydrogens (primary N) is 1. The minimum absolute atomic E-state index is 0.141. The van der Waals surface area contributed by atoms with Crippen molar-refractivity contribution >= 4 is 40.2 Å². The fourth-order valence-corrected chi connectivity index (χ4v) is 3.12. The quantitative estimate of drug-likeness (QED) is 0.764. The van der Waals surface area contributed by atoms with E-state index in [1.54, 1.807) is 11.8 Å². The van der Waals surface area contributed by atoms with E-state index in [1.165, 1.54) is 0 Å². The number of fused-ring (bicyclic) bond motifs is 1. The summed E-state index contributed by atoms with van der Waals surface area (Å²) in [5, 5.41) is 0. The maximum absolute atomic E-state index is 5.96. The molecule has 4 nitrogen and oxygen atoms in total. The minimum atomic E-state index is -0.141. The molecule has 0 radical (unpaired) electrons. The molecular formula is C13H12IN3OS. The predicted octanol–water partition coefficient (Wildman–Crippen LogP) is 3.20. The first kappa shape index (κ1) is 13.0. The summed E-state index contributed by atoms with van der Waals surface area (Å²) in [6.45, 7) is 1.94. The molecule has 1 aliphatic heterocycles. The van der Waals surface area contributed by atoms with Gasteiger partial charge in [-0.3, -0.25) is 0 Å². The summed E-state index contributed by atoms with van der Waals surface area (Å²) in [7, 11) is 0. The number of nitrogen functional groups attached to an aromatic ring is 1. The Bertz CT molecular complexity index is 612. The number of benzene rings is 1. The van der Waals surface area contributed by atoms with Crippen LogP contribution in [-0.2, 0) is 0 Å². The monoisotopic (exact) mass is 385 g/mol. The smallest absolute Gasteiger partial charge is 0.172 e. The van der Waals surface area contributed by atoms with Crippen LogP contribution in [-0.4, -0.2) is 15.7 Å². The highest BCUT2D eigenvalue weighted by atomic mass is 127. The third-order valence-corrected chi connectivity index (χ3v) is 5.31. The predicted molar refractivity (Wildman–Crippen MR) is 84.4 cm³/mol. The molecule has 1 aliphatic rings. The van der Waals surface area contributed by atoms with Crippen LogP contribution in [0.3, 0.4) is 0 Å². The van der Waals surface area contributed by atoms with Crippen LogP contribution in [0.15, 0.2) is 29.2 Å². The zero-order valence-corrected chi connectivity index (χ0v) is 13.2. The number of para-hydroxylation sites is 1. The molecule has 0 saturated carbocycles. The van der Waals surface area contributed by atoms with E-state index in [1.807, 2.05) is 25.1 Å². The highest BCUT2D eigenvalue weighted by molar-refractivity contribution is 14.1. The number of thioether (sulfide) groups is 1. The Kier molecular flexibility index (Phi) is 3.53. The summed E-state index contributed by atoms with van der Waals surface area (Å²) in [5.74, 6) is 2.88. The summed E-state index contributed by atoms with van der Waals surface area (Å²) >= 11 is 3.92. The average Bonchev–Trinajstić information content (AvgIpc) is 2.43. The van der Waals surface area contributed by atoms with Gasteiger partial charge >= 0.3 is 0 Å². The maximum Gasteiger partial charge on any atom is 0.172 e. The van der Waals surface area contributed by atoms with Crippen LogP contribution in [0.5, 0.6) is 5.75 Å². The summed E-state index contributed by atoms with van der Waals surface area (Å²) in [5.41, 5.74) is 6.80. The van der Waals surface area contributed by atoms with E-state index in [9.17, 15) is 0 Å². The molecule has 6 heteroatoms. The van der Waals surface area contributed by atoms with Crippen LogP contribution in [0.25, 0.3) is 0 Å². The number of halogens is 1. The molecule has 0 amide bonds. The Morgan fingerprint density at radius 1 is 1.37 bits per heavy atom. The first-order valence-corrected chi connectivity index (χ1v) is 7.89. The van der Waals surface area contributed by atoms with Crippen LogP contribution in [0.4, 0.5) is 5.82 Å². The third kappa shape index (κ3) is 2.51. The normalized spacial score (nSPS) is 17.7. The lowest BCUT2D eigenvalue weighted by atomic mass is 10.3. The molecule has 0 spiro atoms. The Balaban J connectivity index is 1.93. The van der Waals surface area contributed by atoms with Gasteiger partial charge in [0, 0.05) is 10.6 Å².